The number of nitrogens with zero attached hydrogens (tertiary/aromatic N) is 1. The Morgan fingerprint density at radius 1 is 1.21 bits per heavy atom. The summed E-state index contributed by atoms with van der Waals surface area (Å²) in [6, 6.07) is 7.15. The van der Waals surface area contributed by atoms with Crippen molar-refractivity contribution < 1.29 is 5.11 Å². The Kier molecular flexibility index (Phi) is 3.53. The first-order chi connectivity index (χ1) is 9.15. The summed E-state index contributed by atoms with van der Waals surface area (Å²) in [5.74, 6) is 1.28. The van der Waals surface area contributed by atoms with Crippen LogP contribution in [0, 0.1) is 5.92 Å². The van der Waals surface area contributed by atoms with E-state index in [-0.39, 0.29) is 0 Å². The van der Waals surface area contributed by atoms with Crippen LogP contribution >= 0.6 is 0 Å². The van der Waals surface area contributed by atoms with Crippen molar-refractivity contribution >= 4 is 0 Å². The number of benzene rings is 1. The summed E-state index contributed by atoms with van der Waals surface area (Å²) in [7, 11) is 0. The Bertz CT molecular complexity index is 457. The van der Waals surface area contributed by atoms with Gasteiger partial charge in [0.1, 0.15) is 5.75 Å². The zero-order valence-corrected chi connectivity index (χ0v) is 12.1. The van der Waals surface area contributed by atoms with Gasteiger partial charge in [0, 0.05) is 12.1 Å². The van der Waals surface area contributed by atoms with E-state index in [9.17, 15) is 5.11 Å². The molecule has 1 N–H and O–H groups in total. The van der Waals surface area contributed by atoms with E-state index in [1.165, 1.54) is 49.8 Å². The van der Waals surface area contributed by atoms with Crippen LogP contribution in [0.4, 0.5) is 0 Å². The number of rotatable bonds is 1. The predicted octanol–water partition coefficient (Wildman–Crippen LogP) is 3.89. The molecule has 1 fully saturated rings. The number of aryl methyl sites for hydroxylation is 1. The molecule has 0 spiro atoms. The van der Waals surface area contributed by atoms with Gasteiger partial charge >= 0.3 is 0 Å². The van der Waals surface area contributed by atoms with E-state index in [2.05, 4.69) is 24.8 Å². The molecule has 2 heteroatoms. The van der Waals surface area contributed by atoms with E-state index in [4.69, 9.17) is 0 Å². The maximum Gasteiger partial charge on any atom is 0.115 e. The van der Waals surface area contributed by atoms with Crippen molar-refractivity contribution in [2.75, 3.05) is 6.54 Å². The first-order valence-corrected chi connectivity index (χ1v) is 7.72. The van der Waals surface area contributed by atoms with Crippen LogP contribution in [0.3, 0.4) is 0 Å². The molecule has 0 saturated carbocycles. The molecule has 3 unspecified atom stereocenters. The lowest BCUT2D eigenvalue weighted by Crippen LogP contribution is -2.43. The number of aromatic hydroxyl groups is 1. The number of phenolic OH excluding ortho intramolecular Hbond substituents is 1. The Hall–Kier alpha value is -1.02. The SMILES string of the molecule is CC1CCN(C2CCCc3ccc(O)cc32)C(C)C1. The molecule has 0 amide bonds. The predicted molar refractivity (Wildman–Crippen MR) is 78.4 cm³/mol. The maximum absolute atomic E-state index is 9.79. The quantitative estimate of drug-likeness (QED) is 0.827. The highest BCUT2D eigenvalue weighted by Gasteiger charge is 2.32. The molecule has 2 nitrogen and oxygen atoms in total. The average molecular weight is 259 g/mol. The molecule has 0 radical (unpaired) electrons. The minimum absolute atomic E-state index is 0.420. The summed E-state index contributed by atoms with van der Waals surface area (Å²) in [5.41, 5.74) is 2.83. The van der Waals surface area contributed by atoms with Crippen LogP contribution in [-0.4, -0.2) is 22.6 Å². The molecule has 104 valence electrons. The van der Waals surface area contributed by atoms with Crippen molar-refractivity contribution in [1.29, 1.82) is 0 Å². The van der Waals surface area contributed by atoms with Gasteiger partial charge in [-0.15, -0.1) is 0 Å². The van der Waals surface area contributed by atoms with E-state index in [0.29, 0.717) is 17.8 Å². The number of fused-ring (bicyclic) bond motifs is 1. The Morgan fingerprint density at radius 2 is 2.05 bits per heavy atom. The number of phenols is 1. The van der Waals surface area contributed by atoms with Gasteiger partial charge in [0.15, 0.2) is 0 Å². The second-order valence-corrected chi connectivity index (χ2v) is 6.51. The number of hydrogen-bond donors (Lipinski definition) is 1. The lowest BCUT2D eigenvalue weighted by Gasteiger charge is -2.44. The molecule has 1 heterocycles. The monoisotopic (exact) mass is 259 g/mol. The van der Waals surface area contributed by atoms with Crippen molar-refractivity contribution in [3.8, 4) is 5.75 Å². The standard InChI is InChI=1S/C17H25NO/c1-12-8-9-18(13(2)10-12)17-5-3-4-14-6-7-15(19)11-16(14)17/h6-7,11-13,17,19H,3-5,8-10H2,1-2H3. The highest BCUT2D eigenvalue weighted by Crippen LogP contribution is 2.39. The summed E-state index contributed by atoms with van der Waals surface area (Å²) in [4.78, 5) is 2.68. The Balaban J connectivity index is 1.88. The van der Waals surface area contributed by atoms with Gasteiger partial charge in [0.25, 0.3) is 0 Å². The van der Waals surface area contributed by atoms with Gasteiger partial charge in [-0.2, -0.15) is 0 Å². The molecule has 0 bridgehead atoms. The summed E-state index contributed by atoms with van der Waals surface area (Å²) in [6.45, 7) is 5.95. The second kappa shape index (κ2) is 5.16. The van der Waals surface area contributed by atoms with Crippen molar-refractivity contribution in [3.05, 3.63) is 29.3 Å². The zero-order valence-electron chi connectivity index (χ0n) is 12.1. The first-order valence-electron chi connectivity index (χ1n) is 7.72. The van der Waals surface area contributed by atoms with Crippen LogP contribution in [0.2, 0.25) is 0 Å². The summed E-state index contributed by atoms with van der Waals surface area (Å²) < 4.78 is 0. The molecule has 1 aliphatic carbocycles. The first kappa shape index (κ1) is 13.0. The Labute approximate surface area is 116 Å². The molecule has 1 aromatic rings. The minimum atomic E-state index is 0.420. The van der Waals surface area contributed by atoms with Crippen LogP contribution in [0.25, 0.3) is 0 Å². The topological polar surface area (TPSA) is 23.5 Å². The molecule has 1 aliphatic heterocycles. The van der Waals surface area contributed by atoms with Crippen LogP contribution in [0.5, 0.6) is 5.75 Å². The molecule has 1 saturated heterocycles. The molecule has 3 rings (SSSR count). The van der Waals surface area contributed by atoms with E-state index in [0.717, 1.165) is 5.92 Å². The van der Waals surface area contributed by atoms with Gasteiger partial charge in [-0.1, -0.05) is 13.0 Å². The van der Waals surface area contributed by atoms with Crippen molar-refractivity contribution in [2.45, 2.75) is 58.0 Å². The molecule has 3 atom stereocenters. The molecular weight excluding hydrogens is 234 g/mol. The molecule has 2 aliphatic rings. The van der Waals surface area contributed by atoms with Crippen LogP contribution in [0.1, 0.15) is 56.7 Å². The van der Waals surface area contributed by atoms with Crippen molar-refractivity contribution in [1.82, 2.24) is 4.90 Å². The van der Waals surface area contributed by atoms with Gasteiger partial charge in [0.2, 0.25) is 0 Å². The van der Waals surface area contributed by atoms with E-state index in [1.807, 2.05) is 12.1 Å². The van der Waals surface area contributed by atoms with Gasteiger partial charge < -0.3 is 5.11 Å². The van der Waals surface area contributed by atoms with Gasteiger partial charge in [-0.25, -0.2) is 0 Å². The van der Waals surface area contributed by atoms with Gasteiger partial charge in [-0.3, -0.25) is 4.90 Å². The number of piperidine rings is 1. The second-order valence-electron chi connectivity index (χ2n) is 6.51. The summed E-state index contributed by atoms with van der Waals surface area (Å²) in [5, 5.41) is 9.79. The maximum atomic E-state index is 9.79. The Morgan fingerprint density at radius 3 is 2.84 bits per heavy atom. The summed E-state index contributed by atoms with van der Waals surface area (Å²) >= 11 is 0. The molecular formula is C17H25NO. The highest BCUT2D eigenvalue weighted by molar-refractivity contribution is 5.38. The van der Waals surface area contributed by atoms with Crippen LogP contribution in [-0.2, 0) is 6.42 Å². The lowest BCUT2D eigenvalue weighted by molar-refractivity contribution is 0.0723. The lowest BCUT2D eigenvalue weighted by atomic mass is 9.83. The smallest absolute Gasteiger partial charge is 0.115 e. The largest absolute Gasteiger partial charge is 0.508 e. The van der Waals surface area contributed by atoms with Crippen molar-refractivity contribution in [3.63, 3.8) is 0 Å². The van der Waals surface area contributed by atoms with Crippen LogP contribution in [0.15, 0.2) is 18.2 Å². The normalized spacial score (nSPS) is 32.0. The molecule has 19 heavy (non-hydrogen) atoms. The number of likely N-dealkylation sites (tertiary alicyclic amines) is 1. The van der Waals surface area contributed by atoms with Gasteiger partial charge in [0.05, 0.1) is 0 Å². The molecule has 1 aromatic carbocycles. The zero-order chi connectivity index (χ0) is 13.4. The van der Waals surface area contributed by atoms with E-state index < -0.39 is 0 Å². The highest BCUT2D eigenvalue weighted by atomic mass is 16.3. The van der Waals surface area contributed by atoms with Crippen molar-refractivity contribution in [2.24, 2.45) is 5.92 Å². The third-order valence-electron chi connectivity index (χ3n) is 5.00. The third-order valence-corrected chi connectivity index (χ3v) is 5.00. The number of hydrogen-bond acceptors (Lipinski definition) is 2. The summed E-state index contributed by atoms with van der Waals surface area (Å²) in [6.07, 6.45) is 6.32. The van der Waals surface area contributed by atoms with Crippen LogP contribution < -0.4 is 0 Å². The third kappa shape index (κ3) is 2.51. The molecule has 0 aromatic heterocycles. The average Bonchev–Trinajstić information content (AvgIpc) is 2.38. The van der Waals surface area contributed by atoms with E-state index >= 15 is 0 Å². The fraction of sp³-hybridized carbons (Fsp3) is 0.647. The van der Waals surface area contributed by atoms with Gasteiger partial charge in [-0.05, 0) is 74.8 Å². The fourth-order valence-corrected chi connectivity index (χ4v) is 3.99. The fourth-order valence-electron chi connectivity index (χ4n) is 3.99. The minimum Gasteiger partial charge on any atom is -0.508 e. The van der Waals surface area contributed by atoms with E-state index in [1.54, 1.807) is 0 Å².